The Balaban J connectivity index is 1.84. The molecule has 118 valence electrons. The van der Waals surface area contributed by atoms with Crippen molar-refractivity contribution in [1.29, 1.82) is 0 Å². The summed E-state index contributed by atoms with van der Waals surface area (Å²) >= 11 is 12.5. The Kier molecular flexibility index (Phi) is 3.92. The number of aromatic nitrogens is 4. The lowest BCUT2D eigenvalue weighted by Crippen LogP contribution is -2.15. The van der Waals surface area contributed by atoms with Crippen molar-refractivity contribution >= 4 is 23.2 Å². The van der Waals surface area contributed by atoms with Gasteiger partial charge in [0.15, 0.2) is 5.82 Å². The lowest BCUT2D eigenvalue weighted by molar-refractivity contribution is 0.584. The minimum absolute atomic E-state index is 0.113. The Bertz CT molecular complexity index is 948. The SMILES string of the molecule is Clc1cccc(-c2nnnn2C2C=CC=C3C=CC=CC=C32)c1Cl. The Morgan fingerprint density at radius 2 is 1.92 bits per heavy atom. The molecule has 0 radical (unpaired) electrons. The largest absolute Gasteiger partial charge is 0.214 e. The van der Waals surface area contributed by atoms with Crippen molar-refractivity contribution in [3.63, 3.8) is 0 Å². The van der Waals surface area contributed by atoms with Crippen LogP contribution < -0.4 is 0 Å². The summed E-state index contributed by atoms with van der Waals surface area (Å²) in [6.07, 6.45) is 16.3. The smallest absolute Gasteiger partial charge is 0.184 e. The van der Waals surface area contributed by atoms with Gasteiger partial charge in [0.1, 0.15) is 6.04 Å². The molecular weight excluding hydrogens is 343 g/mol. The molecule has 0 spiro atoms. The van der Waals surface area contributed by atoms with Crippen LogP contribution in [0.4, 0.5) is 0 Å². The summed E-state index contributed by atoms with van der Waals surface area (Å²) in [6, 6.07) is 5.33. The number of nitrogens with zero attached hydrogens (tertiary/aromatic N) is 4. The Morgan fingerprint density at radius 1 is 1.00 bits per heavy atom. The van der Waals surface area contributed by atoms with Gasteiger partial charge in [-0.15, -0.1) is 5.10 Å². The highest BCUT2D eigenvalue weighted by Crippen LogP contribution is 2.36. The van der Waals surface area contributed by atoms with Crippen molar-refractivity contribution in [2.75, 3.05) is 0 Å². The van der Waals surface area contributed by atoms with Crippen molar-refractivity contribution in [1.82, 2.24) is 20.2 Å². The molecule has 0 bridgehead atoms. The summed E-state index contributed by atoms with van der Waals surface area (Å²) in [4.78, 5) is 0. The monoisotopic (exact) mass is 354 g/mol. The molecule has 0 aliphatic heterocycles. The zero-order chi connectivity index (χ0) is 16.5. The first-order valence-electron chi connectivity index (χ1n) is 7.42. The minimum Gasteiger partial charge on any atom is -0.214 e. The van der Waals surface area contributed by atoms with E-state index in [-0.39, 0.29) is 6.04 Å². The van der Waals surface area contributed by atoms with Gasteiger partial charge >= 0.3 is 0 Å². The molecule has 2 aliphatic carbocycles. The van der Waals surface area contributed by atoms with Gasteiger partial charge in [0.25, 0.3) is 0 Å². The Morgan fingerprint density at radius 3 is 2.83 bits per heavy atom. The summed E-state index contributed by atoms with van der Waals surface area (Å²) in [5.41, 5.74) is 2.96. The summed E-state index contributed by atoms with van der Waals surface area (Å²) in [5, 5.41) is 13.1. The first kappa shape index (κ1) is 15.1. The lowest BCUT2D eigenvalue weighted by atomic mass is 9.93. The average Bonchev–Trinajstić information content (AvgIpc) is 2.94. The zero-order valence-corrected chi connectivity index (χ0v) is 14.0. The third-order valence-corrected chi connectivity index (χ3v) is 4.76. The first-order valence-corrected chi connectivity index (χ1v) is 8.17. The molecule has 1 unspecified atom stereocenters. The van der Waals surface area contributed by atoms with E-state index in [0.717, 1.165) is 11.1 Å². The zero-order valence-electron chi connectivity index (χ0n) is 12.5. The normalized spacial score (nSPS) is 18.8. The molecule has 24 heavy (non-hydrogen) atoms. The fourth-order valence-electron chi connectivity index (χ4n) is 2.81. The number of benzene rings is 1. The maximum absolute atomic E-state index is 6.35. The van der Waals surface area contributed by atoms with Crippen LogP contribution in [0, 0.1) is 0 Å². The van der Waals surface area contributed by atoms with Gasteiger partial charge in [-0.1, -0.05) is 77.9 Å². The molecule has 6 heteroatoms. The van der Waals surface area contributed by atoms with E-state index in [0.29, 0.717) is 21.4 Å². The molecule has 0 saturated heterocycles. The molecular formula is C18H12Cl2N4. The van der Waals surface area contributed by atoms with E-state index in [2.05, 4.69) is 39.8 Å². The van der Waals surface area contributed by atoms with Crippen molar-refractivity contribution < 1.29 is 0 Å². The van der Waals surface area contributed by atoms with Gasteiger partial charge in [0.2, 0.25) is 0 Å². The fraction of sp³-hybridized carbons (Fsp3) is 0.0556. The summed E-state index contributed by atoms with van der Waals surface area (Å²) in [7, 11) is 0. The van der Waals surface area contributed by atoms with Crippen LogP contribution >= 0.6 is 23.2 Å². The summed E-state index contributed by atoms with van der Waals surface area (Å²) in [5.74, 6) is 0.580. The Labute approximate surface area is 149 Å². The second kappa shape index (κ2) is 6.23. The topological polar surface area (TPSA) is 43.6 Å². The highest BCUT2D eigenvalue weighted by atomic mass is 35.5. The maximum atomic E-state index is 6.35. The molecule has 4 nitrogen and oxygen atoms in total. The number of halogens is 2. The van der Waals surface area contributed by atoms with Crippen molar-refractivity contribution in [3.05, 3.63) is 88.0 Å². The van der Waals surface area contributed by atoms with E-state index in [1.165, 1.54) is 0 Å². The van der Waals surface area contributed by atoms with Gasteiger partial charge in [0.05, 0.1) is 10.0 Å². The van der Waals surface area contributed by atoms with Gasteiger partial charge in [-0.2, -0.15) is 0 Å². The van der Waals surface area contributed by atoms with Crippen LogP contribution in [-0.2, 0) is 0 Å². The average molecular weight is 355 g/mol. The molecule has 1 aromatic heterocycles. The highest BCUT2D eigenvalue weighted by molar-refractivity contribution is 6.43. The van der Waals surface area contributed by atoms with Crippen LogP contribution in [0.1, 0.15) is 6.04 Å². The van der Waals surface area contributed by atoms with Crippen molar-refractivity contribution in [2.45, 2.75) is 6.04 Å². The third-order valence-electron chi connectivity index (χ3n) is 3.94. The van der Waals surface area contributed by atoms with Gasteiger partial charge in [-0.3, -0.25) is 0 Å². The predicted octanol–water partition coefficient (Wildman–Crippen LogP) is 4.74. The van der Waals surface area contributed by atoms with Crippen LogP contribution in [-0.4, -0.2) is 20.2 Å². The van der Waals surface area contributed by atoms with E-state index >= 15 is 0 Å². The molecule has 1 aromatic carbocycles. The molecule has 1 heterocycles. The van der Waals surface area contributed by atoms with Gasteiger partial charge in [-0.05, 0) is 33.7 Å². The van der Waals surface area contributed by atoms with E-state index in [1.54, 1.807) is 10.7 Å². The van der Waals surface area contributed by atoms with Crippen LogP contribution in [0.5, 0.6) is 0 Å². The molecule has 0 fully saturated rings. The number of hydrogen-bond acceptors (Lipinski definition) is 3. The quantitative estimate of drug-likeness (QED) is 0.782. The molecule has 1 atom stereocenters. The van der Waals surface area contributed by atoms with Crippen LogP contribution in [0.2, 0.25) is 10.0 Å². The molecule has 0 N–H and O–H groups in total. The number of fused-ring (bicyclic) bond motifs is 1. The fourth-order valence-corrected chi connectivity index (χ4v) is 3.20. The summed E-state index contributed by atoms with van der Waals surface area (Å²) in [6.45, 7) is 0. The minimum atomic E-state index is -0.113. The second-order valence-electron chi connectivity index (χ2n) is 5.37. The highest BCUT2D eigenvalue weighted by Gasteiger charge is 2.24. The van der Waals surface area contributed by atoms with E-state index < -0.39 is 0 Å². The molecule has 0 saturated carbocycles. The molecule has 2 aliphatic rings. The third kappa shape index (κ3) is 2.54. The number of tetrazole rings is 1. The van der Waals surface area contributed by atoms with Crippen LogP contribution in [0.3, 0.4) is 0 Å². The second-order valence-corrected chi connectivity index (χ2v) is 6.15. The van der Waals surface area contributed by atoms with Crippen molar-refractivity contribution in [3.8, 4) is 11.4 Å². The van der Waals surface area contributed by atoms with Gasteiger partial charge in [0, 0.05) is 5.56 Å². The maximum Gasteiger partial charge on any atom is 0.184 e. The van der Waals surface area contributed by atoms with E-state index in [1.807, 2.05) is 36.4 Å². The van der Waals surface area contributed by atoms with E-state index in [9.17, 15) is 0 Å². The van der Waals surface area contributed by atoms with Crippen molar-refractivity contribution in [2.24, 2.45) is 0 Å². The number of hydrogen-bond donors (Lipinski definition) is 0. The van der Waals surface area contributed by atoms with Crippen LogP contribution in [0.25, 0.3) is 11.4 Å². The molecule has 2 aromatic rings. The van der Waals surface area contributed by atoms with Gasteiger partial charge in [-0.25, -0.2) is 4.68 Å². The molecule has 0 amide bonds. The number of allylic oxidation sites excluding steroid dienone is 10. The lowest BCUT2D eigenvalue weighted by Gasteiger charge is -2.22. The standard InChI is InChI=1S/C18H12Cl2N4/c19-15-10-5-9-14(17(15)20)18-21-22-23-24(18)16-11-4-7-12-6-2-1-3-8-13(12)16/h1-11,16H. The number of rotatable bonds is 2. The predicted molar refractivity (Wildman–Crippen MR) is 95.9 cm³/mol. The Hall–Kier alpha value is -2.43. The van der Waals surface area contributed by atoms with Gasteiger partial charge < -0.3 is 0 Å². The molecule has 4 rings (SSSR count). The van der Waals surface area contributed by atoms with E-state index in [4.69, 9.17) is 23.2 Å². The summed E-state index contributed by atoms with van der Waals surface area (Å²) < 4.78 is 1.76. The first-order chi connectivity index (χ1) is 11.8. The van der Waals surface area contributed by atoms with Crippen LogP contribution in [0.15, 0.2) is 78.0 Å².